The van der Waals surface area contributed by atoms with Crippen molar-refractivity contribution >= 4 is 12.1 Å². The highest BCUT2D eigenvalue weighted by atomic mass is 19.4. The Kier molecular flexibility index (Phi) is 6.05. The van der Waals surface area contributed by atoms with Crippen LogP contribution in [0.3, 0.4) is 0 Å². The molecule has 134 valence electrons. The highest BCUT2D eigenvalue weighted by Crippen LogP contribution is 2.23. The van der Waals surface area contributed by atoms with Crippen molar-refractivity contribution in [2.24, 2.45) is 0 Å². The molecule has 0 unspecified atom stereocenters. The molecule has 0 aliphatic heterocycles. The van der Waals surface area contributed by atoms with Gasteiger partial charge in [0.15, 0.2) is 0 Å². The van der Waals surface area contributed by atoms with E-state index in [9.17, 15) is 22.8 Å². The zero-order valence-corrected chi connectivity index (χ0v) is 13.3. The monoisotopic (exact) mass is 349 g/mol. The first-order chi connectivity index (χ1) is 10.9. The van der Waals surface area contributed by atoms with Gasteiger partial charge in [-0.15, -0.1) is 13.2 Å². The topological polar surface area (TPSA) is 84.9 Å². The number of carbonyl (C=O) groups excluding carboxylic acids is 1. The molecular formula is C15H18F3NO5. The summed E-state index contributed by atoms with van der Waals surface area (Å²) in [5, 5.41) is 11.3. The second-order valence-electron chi connectivity index (χ2n) is 5.94. The fourth-order valence-electron chi connectivity index (χ4n) is 1.76. The smallest absolute Gasteiger partial charge is 0.480 e. The van der Waals surface area contributed by atoms with E-state index in [2.05, 4.69) is 10.1 Å². The minimum Gasteiger partial charge on any atom is -0.480 e. The van der Waals surface area contributed by atoms with E-state index < -0.39 is 35.8 Å². The van der Waals surface area contributed by atoms with Gasteiger partial charge in [-0.05, 0) is 38.5 Å². The van der Waals surface area contributed by atoms with Crippen LogP contribution in [0.4, 0.5) is 18.0 Å². The Balaban J connectivity index is 2.80. The van der Waals surface area contributed by atoms with Crippen molar-refractivity contribution in [3.05, 3.63) is 29.8 Å². The molecule has 0 spiro atoms. The van der Waals surface area contributed by atoms with Gasteiger partial charge in [-0.2, -0.15) is 0 Å². The summed E-state index contributed by atoms with van der Waals surface area (Å²) in [5.41, 5.74) is -0.562. The molecule has 9 heteroatoms. The number of rotatable bonds is 5. The Bertz CT molecular complexity index is 596. The van der Waals surface area contributed by atoms with E-state index in [1.165, 1.54) is 12.1 Å². The van der Waals surface area contributed by atoms with E-state index in [-0.39, 0.29) is 12.0 Å². The number of halogens is 3. The number of nitrogens with one attached hydrogen (secondary N) is 1. The van der Waals surface area contributed by atoms with Crippen molar-refractivity contribution in [1.82, 2.24) is 5.32 Å². The number of carboxylic acid groups (broad SMARTS) is 1. The average molecular weight is 349 g/mol. The second kappa shape index (κ2) is 7.41. The summed E-state index contributed by atoms with van der Waals surface area (Å²) >= 11 is 0. The number of ether oxygens (including phenoxy) is 2. The maximum Gasteiger partial charge on any atom is 0.573 e. The lowest BCUT2D eigenvalue weighted by molar-refractivity contribution is -0.274. The van der Waals surface area contributed by atoms with Crippen LogP contribution in [0.5, 0.6) is 5.75 Å². The summed E-state index contributed by atoms with van der Waals surface area (Å²) in [4.78, 5) is 22.9. The molecule has 6 nitrogen and oxygen atoms in total. The summed E-state index contributed by atoms with van der Waals surface area (Å²) in [5.74, 6) is -1.82. The van der Waals surface area contributed by atoms with E-state index in [0.29, 0.717) is 0 Å². The molecule has 0 fully saturated rings. The highest BCUT2D eigenvalue weighted by Gasteiger charge is 2.31. The normalized spacial score (nSPS) is 13.1. The molecule has 1 atom stereocenters. The van der Waals surface area contributed by atoms with Gasteiger partial charge in [0.1, 0.15) is 17.4 Å². The predicted molar refractivity (Wildman–Crippen MR) is 77.6 cm³/mol. The van der Waals surface area contributed by atoms with Crippen LogP contribution in [0, 0.1) is 0 Å². The van der Waals surface area contributed by atoms with E-state index in [1.807, 2.05) is 0 Å². The molecule has 0 aliphatic carbocycles. The number of carbonyl (C=O) groups is 2. The van der Waals surface area contributed by atoms with Gasteiger partial charge < -0.3 is 19.9 Å². The molecule has 0 radical (unpaired) electrons. The van der Waals surface area contributed by atoms with Crippen LogP contribution in [0.1, 0.15) is 26.3 Å². The summed E-state index contributed by atoms with van der Waals surface area (Å²) < 4.78 is 45.3. The standard InChI is InChI=1S/C15H18F3NO5/c1-14(2,3)24-13(22)19-11(12(20)21)8-9-5-4-6-10(7-9)23-15(16,17)18/h4-7,11H,8H2,1-3H3,(H,19,22)(H,20,21)/t11-/m1/s1. The lowest BCUT2D eigenvalue weighted by Crippen LogP contribution is -2.44. The molecule has 0 aliphatic rings. The number of hydrogen-bond donors (Lipinski definition) is 2. The van der Waals surface area contributed by atoms with Crippen molar-refractivity contribution < 1.29 is 37.3 Å². The molecular weight excluding hydrogens is 331 g/mol. The Labute approximate surface area is 136 Å². The minimum atomic E-state index is -4.85. The van der Waals surface area contributed by atoms with E-state index >= 15 is 0 Å². The number of hydrogen-bond acceptors (Lipinski definition) is 4. The first kappa shape index (κ1) is 19.6. The molecule has 0 aromatic heterocycles. The predicted octanol–water partition coefficient (Wildman–Crippen LogP) is 3.11. The van der Waals surface area contributed by atoms with E-state index in [4.69, 9.17) is 9.84 Å². The Morgan fingerprint density at radius 2 is 1.88 bits per heavy atom. The fraction of sp³-hybridized carbons (Fsp3) is 0.467. The number of amides is 1. The van der Waals surface area contributed by atoms with Crippen LogP contribution < -0.4 is 10.1 Å². The van der Waals surface area contributed by atoms with Crippen molar-refractivity contribution in [1.29, 1.82) is 0 Å². The van der Waals surface area contributed by atoms with Gasteiger partial charge in [0.2, 0.25) is 0 Å². The maximum absolute atomic E-state index is 12.2. The number of benzene rings is 1. The lowest BCUT2D eigenvalue weighted by atomic mass is 10.1. The number of aliphatic carboxylic acids is 1. The van der Waals surface area contributed by atoms with Crippen LogP contribution in [0.25, 0.3) is 0 Å². The minimum absolute atomic E-state index is 0.233. The molecule has 0 bridgehead atoms. The third kappa shape index (κ3) is 7.70. The van der Waals surface area contributed by atoms with Gasteiger partial charge in [0.25, 0.3) is 0 Å². The highest BCUT2D eigenvalue weighted by molar-refractivity contribution is 5.80. The first-order valence-corrected chi connectivity index (χ1v) is 6.93. The Hall–Kier alpha value is -2.45. The maximum atomic E-state index is 12.2. The summed E-state index contributed by atoms with van der Waals surface area (Å²) in [6.45, 7) is 4.83. The molecule has 2 N–H and O–H groups in total. The van der Waals surface area contributed by atoms with Crippen molar-refractivity contribution in [3.63, 3.8) is 0 Å². The number of alkyl halides is 3. The van der Waals surface area contributed by atoms with Gasteiger partial charge >= 0.3 is 18.4 Å². The van der Waals surface area contributed by atoms with Crippen LogP contribution >= 0.6 is 0 Å². The molecule has 1 aromatic rings. The van der Waals surface area contributed by atoms with Crippen molar-refractivity contribution in [2.45, 2.75) is 45.2 Å². The average Bonchev–Trinajstić information content (AvgIpc) is 2.33. The molecule has 1 aromatic carbocycles. The zero-order valence-electron chi connectivity index (χ0n) is 13.3. The van der Waals surface area contributed by atoms with Gasteiger partial charge in [-0.25, -0.2) is 9.59 Å². The second-order valence-corrected chi connectivity index (χ2v) is 5.94. The summed E-state index contributed by atoms with van der Waals surface area (Å²) in [6.07, 6.45) is -6.01. The SMILES string of the molecule is CC(C)(C)OC(=O)N[C@H](Cc1cccc(OC(F)(F)F)c1)C(=O)O. The molecule has 1 amide bonds. The van der Waals surface area contributed by atoms with Crippen LogP contribution in [-0.2, 0) is 16.0 Å². The molecule has 24 heavy (non-hydrogen) atoms. The first-order valence-electron chi connectivity index (χ1n) is 6.93. The van der Waals surface area contributed by atoms with Gasteiger partial charge in [0, 0.05) is 6.42 Å². The molecule has 0 saturated heterocycles. The third-order valence-electron chi connectivity index (χ3n) is 2.56. The fourth-order valence-corrected chi connectivity index (χ4v) is 1.76. The number of alkyl carbamates (subject to hydrolysis) is 1. The Morgan fingerprint density at radius 3 is 2.38 bits per heavy atom. The largest absolute Gasteiger partial charge is 0.573 e. The van der Waals surface area contributed by atoms with Gasteiger partial charge in [-0.1, -0.05) is 12.1 Å². The summed E-state index contributed by atoms with van der Waals surface area (Å²) in [6, 6.07) is 3.51. The lowest BCUT2D eigenvalue weighted by Gasteiger charge is -2.22. The molecule has 1 rings (SSSR count). The summed E-state index contributed by atoms with van der Waals surface area (Å²) in [7, 11) is 0. The van der Waals surface area contributed by atoms with Gasteiger partial charge in [-0.3, -0.25) is 0 Å². The Morgan fingerprint density at radius 1 is 1.25 bits per heavy atom. The van der Waals surface area contributed by atoms with Crippen LogP contribution in [0.15, 0.2) is 24.3 Å². The number of carboxylic acids is 1. The molecule has 0 saturated carbocycles. The van der Waals surface area contributed by atoms with Crippen LogP contribution in [0.2, 0.25) is 0 Å². The molecule has 0 heterocycles. The van der Waals surface area contributed by atoms with E-state index in [1.54, 1.807) is 20.8 Å². The van der Waals surface area contributed by atoms with Crippen LogP contribution in [-0.4, -0.2) is 35.2 Å². The van der Waals surface area contributed by atoms with Gasteiger partial charge in [0.05, 0.1) is 0 Å². The third-order valence-corrected chi connectivity index (χ3v) is 2.56. The van der Waals surface area contributed by atoms with Crippen molar-refractivity contribution in [3.8, 4) is 5.75 Å². The quantitative estimate of drug-likeness (QED) is 0.853. The zero-order chi connectivity index (χ0) is 18.5. The van der Waals surface area contributed by atoms with E-state index in [0.717, 1.165) is 12.1 Å². The van der Waals surface area contributed by atoms with Crippen molar-refractivity contribution in [2.75, 3.05) is 0 Å².